The normalized spacial score (nSPS) is 43.7. The van der Waals surface area contributed by atoms with Crippen molar-refractivity contribution in [2.24, 2.45) is 23.7 Å². The van der Waals surface area contributed by atoms with Crippen molar-refractivity contribution in [2.75, 3.05) is 0 Å². The second-order valence-electron chi connectivity index (χ2n) is 7.67. The maximum Gasteiger partial charge on any atom is 0.311 e. The first-order valence-electron chi connectivity index (χ1n) is 8.65. The fourth-order valence-electron chi connectivity index (χ4n) is 6.00. The quantitative estimate of drug-likeness (QED) is 0.310. The van der Waals surface area contributed by atoms with Crippen LogP contribution in [0, 0.1) is 44.2 Å². The molecule has 1 aromatic heterocycles. The van der Waals surface area contributed by atoms with E-state index in [1.54, 1.807) is 12.2 Å². The highest BCUT2D eigenvalue weighted by molar-refractivity contribution is 5.93. The molecule has 0 saturated heterocycles. The summed E-state index contributed by atoms with van der Waals surface area (Å²) in [4.78, 5) is 18.1. The van der Waals surface area contributed by atoms with Crippen LogP contribution in [0.3, 0.4) is 0 Å². The van der Waals surface area contributed by atoms with Gasteiger partial charge in [-0.05, 0) is 23.7 Å². The summed E-state index contributed by atoms with van der Waals surface area (Å²) in [5.74, 6) is -2.03. The molecule has 1 fully saturated rings. The molecule has 7 atom stereocenters. The van der Waals surface area contributed by atoms with E-state index in [4.69, 9.17) is 9.47 Å². The molecule has 1 saturated carbocycles. The van der Waals surface area contributed by atoms with Crippen LogP contribution in [-0.4, -0.2) is 26.8 Å². The first kappa shape index (κ1) is 14.3. The molecule has 1 aliphatic heterocycles. The number of fused-ring (bicyclic) bond motifs is 12. The summed E-state index contributed by atoms with van der Waals surface area (Å²) in [5, 5.41) is 41.4. The first-order chi connectivity index (χ1) is 12.5. The van der Waals surface area contributed by atoms with E-state index in [1.807, 2.05) is 12.2 Å². The minimum absolute atomic E-state index is 0.0778. The molecule has 4 aliphatic carbocycles. The molecule has 10 nitrogen and oxygen atoms in total. The molecule has 6 rings (SSSR count). The Balaban J connectivity index is 1.70. The minimum Gasteiger partial charge on any atom is -0.396 e. The van der Waals surface area contributed by atoms with Crippen LogP contribution in [0.4, 0.5) is 0 Å². The fraction of sp³-hybridized carbons (Fsp3) is 0.562. The third-order valence-corrected chi connectivity index (χ3v) is 6.86. The maximum absolute atomic E-state index is 12.8. The van der Waals surface area contributed by atoms with E-state index in [0.29, 0.717) is 17.7 Å². The zero-order valence-electron chi connectivity index (χ0n) is 13.4. The van der Waals surface area contributed by atoms with Crippen LogP contribution in [0.25, 0.3) is 0 Å². The van der Waals surface area contributed by atoms with Crippen molar-refractivity contribution in [1.82, 2.24) is 5.16 Å². The molecular weight excluding hydrogens is 344 g/mol. The van der Waals surface area contributed by atoms with Crippen LogP contribution < -0.4 is 4.90 Å². The van der Waals surface area contributed by atoms with E-state index in [9.17, 15) is 20.5 Å². The summed E-state index contributed by atoms with van der Waals surface area (Å²) in [6.45, 7) is 0. The zero-order valence-corrected chi connectivity index (χ0v) is 13.4. The number of aromatic nitrogens is 2. The van der Waals surface area contributed by atoms with Crippen molar-refractivity contribution >= 4 is 5.71 Å². The van der Waals surface area contributed by atoms with Gasteiger partial charge in [0, 0.05) is 20.9 Å². The number of rotatable bonds is 1. The van der Waals surface area contributed by atoms with Crippen molar-refractivity contribution in [3.05, 3.63) is 56.2 Å². The molecule has 5 aliphatic rings. The van der Waals surface area contributed by atoms with Crippen molar-refractivity contribution in [1.29, 1.82) is 0 Å². The largest absolute Gasteiger partial charge is 0.396 e. The number of hydrogen-bond acceptors (Lipinski definition) is 7. The van der Waals surface area contributed by atoms with Crippen LogP contribution in [0.5, 0.6) is 0 Å². The maximum atomic E-state index is 12.8. The Bertz CT molecular complexity index is 951. The number of nitro groups is 1. The third-order valence-electron chi connectivity index (χ3n) is 6.86. The lowest BCUT2D eigenvalue weighted by molar-refractivity contribution is -0.811. The van der Waals surface area contributed by atoms with Gasteiger partial charge in [-0.15, -0.1) is 0 Å². The number of nitrogens with zero attached hydrogens (tertiary/aromatic N) is 4. The van der Waals surface area contributed by atoms with Gasteiger partial charge < -0.3 is 10.0 Å². The average molecular weight is 358 g/mol. The Hall–Kier alpha value is -2.91. The van der Waals surface area contributed by atoms with Gasteiger partial charge >= 0.3 is 5.54 Å². The van der Waals surface area contributed by atoms with Crippen molar-refractivity contribution in [3.63, 3.8) is 0 Å². The van der Waals surface area contributed by atoms with Gasteiger partial charge in [-0.3, -0.25) is 20.0 Å². The summed E-state index contributed by atoms with van der Waals surface area (Å²) in [6, 6.07) is 0. The van der Waals surface area contributed by atoms with Gasteiger partial charge in [0.2, 0.25) is 11.4 Å². The van der Waals surface area contributed by atoms with Crippen LogP contribution in [0.1, 0.15) is 30.1 Å². The lowest BCUT2D eigenvalue weighted by Gasteiger charge is -2.41. The van der Waals surface area contributed by atoms with Gasteiger partial charge in [0.25, 0.3) is 5.69 Å². The Morgan fingerprint density at radius 2 is 2.15 bits per heavy atom. The number of allylic oxidation sites excluding steroid dienone is 2. The SMILES string of the molecule is O=[N+]([O-])[C@@]12c3no[n+]([O-])c3[C@H]3C(=[N+]([O-])O[C@@H]4C=CC[C@H]34)[C@@H]1[C@H]1C=C[C@@H]2C1. The smallest absolute Gasteiger partial charge is 0.311 e. The monoisotopic (exact) mass is 358 g/mol. The predicted molar refractivity (Wildman–Crippen MR) is 81.9 cm³/mol. The number of hydrogen-bond donors (Lipinski definition) is 0. The van der Waals surface area contributed by atoms with Crippen molar-refractivity contribution in [2.45, 2.75) is 30.4 Å². The highest BCUT2D eigenvalue weighted by Crippen LogP contribution is 2.63. The van der Waals surface area contributed by atoms with E-state index >= 15 is 0 Å². The molecule has 0 radical (unpaired) electrons. The molecule has 1 aromatic rings. The second kappa shape index (κ2) is 4.25. The Kier molecular flexibility index (Phi) is 2.33. The van der Waals surface area contributed by atoms with Crippen LogP contribution in [0.2, 0.25) is 0 Å². The van der Waals surface area contributed by atoms with E-state index in [1.165, 1.54) is 0 Å². The van der Waals surface area contributed by atoms with Gasteiger partial charge in [0.1, 0.15) is 11.8 Å². The highest BCUT2D eigenvalue weighted by atomic mass is 16.9. The van der Waals surface area contributed by atoms with E-state index in [-0.39, 0.29) is 38.8 Å². The molecule has 0 amide bonds. The summed E-state index contributed by atoms with van der Waals surface area (Å²) < 4.78 is 4.83. The summed E-state index contributed by atoms with van der Waals surface area (Å²) in [5.41, 5.74) is -1.21. The van der Waals surface area contributed by atoms with Crippen LogP contribution in [0.15, 0.2) is 28.9 Å². The molecule has 0 aromatic carbocycles. The summed E-state index contributed by atoms with van der Waals surface area (Å²) >= 11 is 0. The van der Waals surface area contributed by atoms with E-state index < -0.39 is 29.4 Å². The molecule has 10 heteroatoms. The van der Waals surface area contributed by atoms with Gasteiger partial charge in [0.15, 0.2) is 0 Å². The molecule has 26 heavy (non-hydrogen) atoms. The molecule has 2 bridgehead atoms. The molecule has 0 N–H and O–H groups in total. The fourth-order valence-corrected chi connectivity index (χ4v) is 6.00. The molecule has 2 heterocycles. The van der Waals surface area contributed by atoms with Gasteiger partial charge in [-0.1, -0.05) is 24.3 Å². The molecule has 0 spiro atoms. The van der Waals surface area contributed by atoms with E-state index in [0.717, 1.165) is 0 Å². The Morgan fingerprint density at radius 1 is 1.31 bits per heavy atom. The van der Waals surface area contributed by atoms with Gasteiger partial charge in [-0.2, -0.15) is 0 Å². The molecular formula is C16H14N4O6. The second-order valence-corrected chi connectivity index (χ2v) is 7.67. The highest BCUT2D eigenvalue weighted by Gasteiger charge is 2.79. The van der Waals surface area contributed by atoms with E-state index in [2.05, 4.69) is 5.16 Å². The first-order valence-corrected chi connectivity index (χ1v) is 8.65. The lowest BCUT2D eigenvalue weighted by Crippen LogP contribution is -2.60. The van der Waals surface area contributed by atoms with Gasteiger partial charge in [-0.25, -0.2) is 0 Å². The van der Waals surface area contributed by atoms with Crippen molar-refractivity contribution in [3.8, 4) is 0 Å². The lowest BCUT2D eigenvalue weighted by atomic mass is 9.60. The average Bonchev–Trinajstić information content (AvgIpc) is 3.36. The molecule has 0 unspecified atom stereocenters. The third kappa shape index (κ3) is 1.29. The summed E-state index contributed by atoms with van der Waals surface area (Å²) in [7, 11) is 0. The summed E-state index contributed by atoms with van der Waals surface area (Å²) in [6.07, 6.45) is 8.16. The van der Waals surface area contributed by atoms with Crippen molar-refractivity contribution < 1.29 is 24.2 Å². The zero-order chi connectivity index (χ0) is 17.8. The van der Waals surface area contributed by atoms with Crippen LogP contribution >= 0.6 is 0 Å². The minimum atomic E-state index is -1.65. The Labute approximate surface area is 146 Å². The Morgan fingerprint density at radius 3 is 2.96 bits per heavy atom. The standard InChI is InChI=1S/C16H14N4O6/c21-18-13-11(9-2-1-3-10(9)25-18)14-15(17-26-19(14)22)16(20(23)24)8-5-4-7(6-8)12(13)16/h1,3-5,7-12H,2,6H2/t7-,8+,9-,10+,11+,12-,16+/m0/s1. The van der Waals surface area contributed by atoms with Crippen LogP contribution in [-0.2, 0) is 10.4 Å². The topological polar surface area (TPSA) is 131 Å². The predicted octanol–water partition coefficient (Wildman–Crippen LogP) is 0.540. The van der Waals surface area contributed by atoms with Gasteiger partial charge in [0.05, 0.1) is 12.0 Å². The molecule has 134 valence electrons.